The van der Waals surface area contributed by atoms with Gasteiger partial charge < -0.3 is 15.4 Å². The van der Waals surface area contributed by atoms with Gasteiger partial charge in [0.25, 0.3) is 0 Å². The summed E-state index contributed by atoms with van der Waals surface area (Å²) in [7, 11) is -1.64. The fraction of sp³-hybridized carbons (Fsp3) is 0.435. The van der Waals surface area contributed by atoms with E-state index in [4.69, 9.17) is 4.74 Å². The molecule has 3 rings (SSSR count). The molecule has 0 unspecified atom stereocenters. The number of sulfonamides is 1. The van der Waals surface area contributed by atoms with E-state index in [1.165, 1.54) is 18.4 Å². The van der Waals surface area contributed by atoms with Crippen molar-refractivity contribution in [3.63, 3.8) is 0 Å². The van der Waals surface area contributed by atoms with Crippen molar-refractivity contribution in [3.8, 4) is 5.75 Å². The molecule has 2 aromatic rings. The predicted octanol–water partition coefficient (Wildman–Crippen LogP) is 4.17. The van der Waals surface area contributed by atoms with Gasteiger partial charge in [-0.2, -0.15) is 0 Å². The molecular formula is C23H33IN4O3S. The second-order valence-electron chi connectivity index (χ2n) is 7.95. The minimum atomic E-state index is -3.35. The quantitative estimate of drug-likeness (QED) is 0.251. The monoisotopic (exact) mass is 572 g/mol. The lowest BCUT2D eigenvalue weighted by Crippen LogP contribution is -2.36. The van der Waals surface area contributed by atoms with E-state index >= 15 is 0 Å². The van der Waals surface area contributed by atoms with Gasteiger partial charge in [0.05, 0.1) is 18.0 Å². The summed E-state index contributed by atoms with van der Waals surface area (Å²) in [5.41, 5.74) is 3.64. The van der Waals surface area contributed by atoms with E-state index in [9.17, 15) is 8.42 Å². The molecule has 1 aliphatic carbocycles. The Morgan fingerprint density at radius 1 is 1.06 bits per heavy atom. The first kappa shape index (κ1) is 26.2. The topological polar surface area (TPSA) is 91.8 Å². The molecule has 0 spiro atoms. The number of ether oxygens (including phenoxy) is 1. The van der Waals surface area contributed by atoms with Crippen LogP contribution in [0.5, 0.6) is 5.75 Å². The smallest absolute Gasteiger partial charge is 0.229 e. The van der Waals surface area contributed by atoms with Crippen LogP contribution < -0.4 is 20.1 Å². The zero-order valence-electron chi connectivity index (χ0n) is 18.8. The van der Waals surface area contributed by atoms with E-state index in [1.54, 1.807) is 19.2 Å². The van der Waals surface area contributed by atoms with E-state index in [1.807, 2.05) is 12.1 Å². The molecule has 0 aliphatic heterocycles. The van der Waals surface area contributed by atoms with E-state index in [-0.39, 0.29) is 24.0 Å². The first-order valence-corrected chi connectivity index (χ1v) is 12.5. The first-order valence-electron chi connectivity index (χ1n) is 10.6. The van der Waals surface area contributed by atoms with E-state index in [2.05, 4.69) is 45.5 Å². The lowest BCUT2D eigenvalue weighted by atomic mass is 10.1. The number of rotatable bonds is 8. The van der Waals surface area contributed by atoms with Gasteiger partial charge in [0.1, 0.15) is 5.75 Å². The highest BCUT2D eigenvalue weighted by molar-refractivity contribution is 14.0. The number of guanidine groups is 1. The third-order valence-corrected chi connectivity index (χ3v) is 5.84. The number of halogens is 1. The molecule has 2 aromatic carbocycles. The number of nitrogens with one attached hydrogen (secondary N) is 3. The average Bonchev–Trinajstić information content (AvgIpc) is 3.22. The van der Waals surface area contributed by atoms with Crippen LogP contribution in [0.3, 0.4) is 0 Å². The summed E-state index contributed by atoms with van der Waals surface area (Å²) in [6.45, 7) is 3.07. The lowest BCUT2D eigenvalue weighted by molar-refractivity contribution is 0.207. The largest absolute Gasteiger partial charge is 0.490 e. The molecule has 0 amide bonds. The third-order valence-electron chi connectivity index (χ3n) is 5.25. The van der Waals surface area contributed by atoms with Gasteiger partial charge in [0, 0.05) is 25.7 Å². The highest BCUT2D eigenvalue weighted by atomic mass is 127. The standard InChI is InChI=1S/C23H32N4O3S.HI/c1-17-12-13-19(22(14-17)30-20-9-5-6-10-20)16-26-23(24-2)25-15-18-8-4-7-11-21(18)27-31(3,28)29;/h4,7-8,11-14,20,27H,5-6,9-10,15-16H2,1-3H3,(H2,24,25,26);1H. The van der Waals surface area contributed by atoms with Crippen LogP contribution in [-0.2, 0) is 23.1 Å². The summed E-state index contributed by atoms with van der Waals surface area (Å²) < 4.78 is 32.0. The number of aryl methyl sites for hydroxylation is 1. The molecule has 32 heavy (non-hydrogen) atoms. The summed E-state index contributed by atoms with van der Waals surface area (Å²) in [4.78, 5) is 4.29. The first-order chi connectivity index (χ1) is 14.8. The Balaban J connectivity index is 0.00000363. The molecule has 1 saturated carbocycles. The fourth-order valence-electron chi connectivity index (χ4n) is 3.66. The van der Waals surface area contributed by atoms with Gasteiger partial charge in [0.2, 0.25) is 10.0 Å². The Bertz CT molecular complexity index is 1020. The molecule has 9 heteroatoms. The molecule has 3 N–H and O–H groups in total. The molecule has 0 radical (unpaired) electrons. The minimum absolute atomic E-state index is 0. The van der Waals surface area contributed by atoms with Gasteiger partial charge in [-0.1, -0.05) is 30.3 Å². The van der Waals surface area contributed by atoms with E-state index in [0.717, 1.165) is 36.0 Å². The van der Waals surface area contributed by atoms with Crippen molar-refractivity contribution in [2.24, 2.45) is 4.99 Å². The normalized spacial score (nSPS) is 14.5. The second kappa shape index (κ2) is 12.3. The molecule has 7 nitrogen and oxygen atoms in total. The van der Waals surface area contributed by atoms with Crippen LogP contribution in [0.15, 0.2) is 47.5 Å². The number of benzene rings is 2. The molecule has 1 aliphatic rings. The van der Waals surface area contributed by atoms with Gasteiger partial charge in [-0.25, -0.2) is 8.42 Å². The molecule has 1 fully saturated rings. The van der Waals surface area contributed by atoms with Gasteiger partial charge in [0.15, 0.2) is 5.96 Å². The summed E-state index contributed by atoms with van der Waals surface area (Å²) in [6, 6.07) is 13.6. The second-order valence-corrected chi connectivity index (χ2v) is 9.69. The lowest BCUT2D eigenvalue weighted by Gasteiger charge is -2.19. The molecule has 0 heterocycles. The van der Waals surface area contributed by atoms with Crippen molar-refractivity contribution in [2.75, 3.05) is 18.0 Å². The van der Waals surface area contributed by atoms with Gasteiger partial charge in [-0.15, -0.1) is 24.0 Å². The van der Waals surface area contributed by atoms with Gasteiger partial charge in [-0.3, -0.25) is 9.71 Å². The van der Waals surface area contributed by atoms with Crippen molar-refractivity contribution >= 4 is 45.6 Å². The molecule has 0 atom stereocenters. The molecule has 0 aromatic heterocycles. The molecule has 0 bridgehead atoms. The maximum Gasteiger partial charge on any atom is 0.229 e. The van der Waals surface area contributed by atoms with Crippen molar-refractivity contribution in [1.82, 2.24) is 10.6 Å². The van der Waals surface area contributed by atoms with Crippen LogP contribution in [0.4, 0.5) is 5.69 Å². The highest BCUT2D eigenvalue weighted by Crippen LogP contribution is 2.27. The zero-order valence-corrected chi connectivity index (χ0v) is 22.0. The number of hydrogen-bond donors (Lipinski definition) is 3. The minimum Gasteiger partial charge on any atom is -0.490 e. The maximum atomic E-state index is 11.6. The van der Waals surface area contributed by atoms with Crippen LogP contribution in [0.1, 0.15) is 42.4 Å². The number of anilines is 1. The molecule has 0 saturated heterocycles. The van der Waals surface area contributed by atoms with Gasteiger partial charge >= 0.3 is 0 Å². The van der Waals surface area contributed by atoms with Crippen LogP contribution >= 0.6 is 24.0 Å². The zero-order chi connectivity index (χ0) is 22.3. The SMILES string of the molecule is CN=C(NCc1ccccc1NS(C)(=O)=O)NCc1ccc(C)cc1OC1CCCC1.I. The predicted molar refractivity (Wildman–Crippen MR) is 141 cm³/mol. The Labute approximate surface area is 208 Å². The Hall–Kier alpha value is -2.01. The van der Waals surface area contributed by atoms with Crippen LogP contribution in [0.25, 0.3) is 0 Å². The van der Waals surface area contributed by atoms with Crippen molar-refractivity contribution in [3.05, 3.63) is 59.2 Å². The number of nitrogens with zero attached hydrogens (tertiary/aromatic N) is 1. The van der Waals surface area contributed by atoms with Crippen molar-refractivity contribution in [2.45, 2.75) is 51.8 Å². The van der Waals surface area contributed by atoms with Crippen molar-refractivity contribution in [1.29, 1.82) is 0 Å². The van der Waals surface area contributed by atoms with Crippen LogP contribution in [-0.4, -0.2) is 33.8 Å². The maximum absolute atomic E-state index is 11.6. The Kier molecular flexibility index (Phi) is 10.1. The van der Waals surface area contributed by atoms with Gasteiger partial charge in [-0.05, 0) is 55.9 Å². The molecular weight excluding hydrogens is 539 g/mol. The van der Waals surface area contributed by atoms with E-state index < -0.39 is 10.0 Å². The average molecular weight is 573 g/mol. The van der Waals surface area contributed by atoms with Crippen molar-refractivity contribution < 1.29 is 13.2 Å². The Morgan fingerprint density at radius 2 is 1.72 bits per heavy atom. The summed E-state index contributed by atoms with van der Waals surface area (Å²) in [5.74, 6) is 1.55. The van der Waals surface area contributed by atoms with Crippen LogP contribution in [0, 0.1) is 6.92 Å². The molecule has 176 valence electrons. The number of hydrogen-bond acceptors (Lipinski definition) is 4. The third kappa shape index (κ3) is 8.16. The number of para-hydroxylation sites is 1. The fourth-order valence-corrected chi connectivity index (χ4v) is 4.25. The van der Waals surface area contributed by atoms with Crippen LogP contribution in [0.2, 0.25) is 0 Å². The Morgan fingerprint density at radius 3 is 2.38 bits per heavy atom. The summed E-state index contributed by atoms with van der Waals surface area (Å²) in [5, 5.41) is 6.58. The summed E-state index contributed by atoms with van der Waals surface area (Å²) in [6.07, 6.45) is 6.14. The summed E-state index contributed by atoms with van der Waals surface area (Å²) >= 11 is 0. The highest BCUT2D eigenvalue weighted by Gasteiger charge is 2.18. The number of aliphatic imine (C=N–C) groups is 1. The van der Waals surface area contributed by atoms with E-state index in [0.29, 0.717) is 30.8 Å².